The molecule has 0 aliphatic carbocycles. The van der Waals surface area contributed by atoms with Crippen molar-refractivity contribution < 1.29 is 19.1 Å². The van der Waals surface area contributed by atoms with Gasteiger partial charge >= 0.3 is 5.97 Å². The Morgan fingerprint density at radius 3 is 2.61 bits per heavy atom. The highest BCUT2D eigenvalue weighted by molar-refractivity contribution is 6.32. The first kappa shape index (κ1) is 16.8. The van der Waals surface area contributed by atoms with Crippen molar-refractivity contribution in [3.05, 3.63) is 58.6 Å². The minimum atomic E-state index is -0.521. The van der Waals surface area contributed by atoms with Gasteiger partial charge in [0, 0.05) is 5.56 Å². The van der Waals surface area contributed by atoms with Gasteiger partial charge in [-0.25, -0.2) is 4.79 Å². The van der Waals surface area contributed by atoms with E-state index in [0.29, 0.717) is 28.6 Å². The molecule has 2 rings (SSSR count). The van der Waals surface area contributed by atoms with Crippen molar-refractivity contribution >= 4 is 29.2 Å². The lowest BCUT2D eigenvalue weighted by Gasteiger charge is -2.11. The van der Waals surface area contributed by atoms with Gasteiger partial charge in [-0.1, -0.05) is 23.7 Å². The van der Waals surface area contributed by atoms with Gasteiger partial charge in [0.1, 0.15) is 5.75 Å². The highest BCUT2D eigenvalue weighted by Gasteiger charge is 2.15. The fourth-order valence-electron chi connectivity index (χ4n) is 1.99. The van der Waals surface area contributed by atoms with Gasteiger partial charge in [0.2, 0.25) is 0 Å². The van der Waals surface area contributed by atoms with Crippen molar-refractivity contribution in [1.82, 2.24) is 0 Å². The van der Waals surface area contributed by atoms with Crippen LogP contribution in [0.15, 0.2) is 42.5 Å². The third kappa shape index (κ3) is 4.02. The van der Waals surface area contributed by atoms with Crippen LogP contribution in [0.25, 0.3) is 0 Å². The smallest absolute Gasteiger partial charge is 0.339 e. The average molecular weight is 334 g/mol. The molecular formula is C17H16ClNO4. The summed E-state index contributed by atoms with van der Waals surface area (Å²) in [4.78, 5) is 24.1. The standard InChI is InChI=1S/C17H16ClNO4/c1-3-23-15-10-11(8-9-13(15)18)16(20)19-14-7-5-4-6-12(14)17(21)22-2/h4-10H,3H2,1-2H3,(H,19,20). The molecule has 0 radical (unpaired) electrons. The Morgan fingerprint density at radius 1 is 1.17 bits per heavy atom. The molecule has 0 unspecified atom stereocenters. The van der Waals surface area contributed by atoms with Crippen LogP contribution in [0.2, 0.25) is 5.02 Å². The number of carbonyl (C=O) groups excluding carboxylic acids is 2. The number of hydrogen-bond donors (Lipinski definition) is 1. The molecular weight excluding hydrogens is 318 g/mol. The molecule has 0 aliphatic rings. The molecule has 0 saturated carbocycles. The number of halogens is 1. The summed E-state index contributed by atoms with van der Waals surface area (Å²) in [5.74, 6) is -0.464. The Hall–Kier alpha value is -2.53. The van der Waals surface area contributed by atoms with Gasteiger partial charge in [0.25, 0.3) is 5.91 Å². The summed E-state index contributed by atoms with van der Waals surface area (Å²) < 4.78 is 10.1. The number of ether oxygens (including phenoxy) is 2. The van der Waals surface area contributed by atoms with Gasteiger partial charge in [0.15, 0.2) is 0 Å². The topological polar surface area (TPSA) is 64.6 Å². The molecule has 1 N–H and O–H groups in total. The molecule has 0 aromatic heterocycles. The van der Waals surface area contributed by atoms with Crippen LogP contribution in [0.5, 0.6) is 5.75 Å². The second-order valence-electron chi connectivity index (χ2n) is 4.57. The highest BCUT2D eigenvalue weighted by atomic mass is 35.5. The minimum absolute atomic E-state index is 0.280. The zero-order valence-corrected chi connectivity index (χ0v) is 13.5. The van der Waals surface area contributed by atoms with E-state index >= 15 is 0 Å². The van der Waals surface area contributed by atoms with Gasteiger partial charge < -0.3 is 14.8 Å². The number of nitrogens with one attached hydrogen (secondary N) is 1. The molecule has 2 aromatic rings. The lowest BCUT2D eigenvalue weighted by Crippen LogP contribution is -2.15. The van der Waals surface area contributed by atoms with Crippen LogP contribution in [0, 0.1) is 0 Å². The number of rotatable bonds is 5. The predicted octanol–water partition coefficient (Wildman–Crippen LogP) is 3.78. The van der Waals surface area contributed by atoms with Gasteiger partial charge in [-0.2, -0.15) is 0 Å². The molecule has 0 saturated heterocycles. The monoisotopic (exact) mass is 333 g/mol. The summed E-state index contributed by atoms with van der Waals surface area (Å²) in [5.41, 5.74) is 1.03. The summed E-state index contributed by atoms with van der Waals surface area (Å²) in [7, 11) is 1.29. The van der Waals surface area contributed by atoms with Crippen LogP contribution >= 0.6 is 11.6 Å². The number of methoxy groups -OCH3 is 1. The van der Waals surface area contributed by atoms with E-state index in [1.807, 2.05) is 6.92 Å². The Labute approximate surface area is 139 Å². The maximum atomic E-state index is 12.4. The molecule has 0 atom stereocenters. The number of hydrogen-bond acceptors (Lipinski definition) is 4. The fraction of sp³-hybridized carbons (Fsp3) is 0.176. The predicted molar refractivity (Wildman–Crippen MR) is 88.4 cm³/mol. The third-order valence-corrected chi connectivity index (χ3v) is 3.39. The van der Waals surface area contributed by atoms with E-state index in [4.69, 9.17) is 21.1 Å². The third-order valence-electron chi connectivity index (χ3n) is 3.07. The summed E-state index contributed by atoms with van der Waals surface area (Å²) in [5, 5.41) is 3.12. The first-order valence-corrected chi connectivity index (χ1v) is 7.35. The number of esters is 1. The summed E-state index contributed by atoms with van der Waals surface area (Å²) in [6.07, 6.45) is 0. The highest BCUT2D eigenvalue weighted by Crippen LogP contribution is 2.26. The van der Waals surface area contributed by atoms with Crippen molar-refractivity contribution in [2.45, 2.75) is 6.92 Å². The van der Waals surface area contributed by atoms with Crippen LogP contribution in [-0.4, -0.2) is 25.6 Å². The van der Waals surface area contributed by atoms with Crippen LogP contribution in [0.3, 0.4) is 0 Å². The number of para-hydroxylation sites is 1. The molecule has 0 fully saturated rings. The normalized spacial score (nSPS) is 10.0. The van der Waals surface area contributed by atoms with Crippen molar-refractivity contribution in [3.8, 4) is 5.75 Å². The largest absolute Gasteiger partial charge is 0.492 e. The molecule has 5 nitrogen and oxygen atoms in total. The summed E-state index contributed by atoms with van der Waals surface area (Å²) >= 11 is 6.01. The SMILES string of the molecule is CCOc1cc(C(=O)Nc2ccccc2C(=O)OC)ccc1Cl. The maximum absolute atomic E-state index is 12.4. The van der Waals surface area contributed by atoms with Crippen molar-refractivity contribution in [1.29, 1.82) is 0 Å². The van der Waals surface area contributed by atoms with E-state index in [2.05, 4.69) is 5.32 Å². The zero-order chi connectivity index (χ0) is 16.8. The number of carbonyl (C=O) groups is 2. The van der Waals surface area contributed by atoms with Gasteiger partial charge in [-0.3, -0.25) is 4.79 Å². The summed E-state index contributed by atoms with van der Waals surface area (Å²) in [6.45, 7) is 2.27. The first-order chi connectivity index (χ1) is 11.1. The number of benzene rings is 2. The van der Waals surface area contributed by atoms with E-state index in [-0.39, 0.29) is 11.5 Å². The molecule has 0 bridgehead atoms. The van der Waals surface area contributed by atoms with Crippen LogP contribution in [0.4, 0.5) is 5.69 Å². The van der Waals surface area contributed by atoms with E-state index in [0.717, 1.165) is 0 Å². The zero-order valence-electron chi connectivity index (χ0n) is 12.8. The molecule has 1 amide bonds. The Balaban J connectivity index is 2.26. The fourth-order valence-corrected chi connectivity index (χ4v) is 2.16. The first-order valence-electron chi connectivity index (χ1n) is 6.97. The average Bonchev–Trinajstić information content (AvgIpc) is 2.56. The van der Waals surface area contributed by atoms with E-state index in [1.165, 1.54) is 7.11 Å². The quantitative estimate of drug-likeness (QED) is 0.846. The summed E-state index contributed by atoms with van der Waals surface area (Å²) in [6, 6.07) is 11.3. The lowest BCUT2D eigenvalue weighted by molar-refractivity contribution is 0.0602. The Kier molecular flexibility index (Phi) is 5.60. The Morgan fingerprint density at radius 2 is 1.91 bits per heavy atom. The maximum Gasteiger partial charge on any atom is 0.339 e. The Bertz CT molecular complexity index is 730. The second-order valence-corrected chi connectivity index (χ2v) is 4.98. The lowest BCUT2D eigenvalue weighted by atomic mass is 10.1. The van der Waals surface area contributed by atoms with E-state index in [1.54, 1.807) is 42.5 Å². The van der Waals surface area contributed by atoms with Crippen molar-refractivity contribution in [2.24, 2.45) is 0 Å². The second kappa shape index (κ2) is 7.65. The van der Waals surface area contributed by atoms with Gasteiger partial charge in [-0.15, -0.1) is 0 Å². The molecule has 23 heavy (non-hydrogen) atoms. The molecule has 0 spiro atoms. The van der Waals surface area contributed by atoms with E-state index in [9.17, 15) is 9.59 Å². The number of amides is 1. The van der Waals surface area contributed by atoms with Gasteiger partial charge in [-0.05, 0) is 37.3 Å². The molecule has 2 aromatic carbocycles. The van der Waals surface area contributed by atoms with Crippen LogP contribution in [-0.2, 0) is 4.74 Å². The van der Waals surface area contributed by atoms with E-state index < -0.39 is 5.97 Å². The molecule has 0 heterocycles. The van der Waals surface area contributed by atoms with Crippen LogP contribution < -0.4 is 10.1 Å². The van der Waals surface area contributed by atoms with Gasteiger partial charge in [0.05, 0.1) is 30.0 Å². The molecule has 6 heteroatoms. The number of anilines is 1. The van der Waals surface area contributed by atoms with Crippen LogP contribution in [0.1, 0.15) is 27.6 Å². The van der Waals surface area contributed by atoms with Crippen molar-refractivity contribution in [3.63, 3.8) is 0 Å². The molecule has 120 valence electrons. The molecule has 0 aliphatic heterocycles. The van der Waals surface area contributed by atoms with Crippen molar-refractivity contribution in [2.75, 3.05) is 19.0 Å². The minimum Gasteiger partial charge on any atom is -0.492 e.